The summed E-state index contributed by atoms with van der Waals surface area (Å²) in [6.07, 6.45) is 2.31. The van der Waals surface area contributed by atoms with Gasteiger partial charge in [0, 0.05) is 25.4 Å². The summed E-state index contributed by atoms with van der Waals surface area (Å²) in [5.41, 5.74) is 6.83. The minimum absolute atomic E-state index is 0.165. The molecule has 1 heterocycles. The van der Waals surface area contributed by atoms with Crippen molar-refractivity contribution < 1.29 is 9.90 Å². The number of aryl methyl sites for hydroxylation is 1. The van der Waals surface area contributed by atoms with Crippen molar-refractivity contribution in [3.63, 3.8) is 0 Å². The summed E-state index contributed by atoms with van der Waals surface area (Å²) in [5, 5.41) is 15.2. The van der Waals surface area contributed by atoms with Gasteiger partial charge in [-0.3, -0.25) is 9.48 Å². The fraction of sp³-hybridized carbons (Fsp3) is 0.467. The van der Waals surface area contributed by atoms with Crippen LogP contribution in [0.3, 0.4) is 0 Å². The van der Waals surface area contributed by atoms with Crippen LogP contribution in [0.1, 0.15) is 18.5 Å². The summed E-state index contributed by atoms with van der Waals surface area (Å²) in [6, 6.07) is 7.90. The molecule has 0 spiro atoms. The molecule has 1 atom stereocenters. The third-order valence-electron chi connectivity index (χ3n) is 4.47. The predicted molar refractivity (Wildman–Crippen MR) is 76.3 cm³/mol. The fourth-order valence-corrected chi connectivity index (χ4v) is 3.07. The number of carboxylic acids is 1. The highest BCUT2D eigenvalue weighted by Crippen LogP contribution is 2.47. The van der Waals surface area contributed by atoms with E-state index < -0.39 is 11.4 Å². The maximum Gasteiger partial charge on any atom is 0.311 e. The molecule has 5 heteroatoms. The first kappa shape index (κ1) is 13.1. The van der Waals surface area contributed by atoms with E-state index in [4.69, 9.17) is 5.73 Å². The normalized spacial score (nSPS) is 18.1. The highest BCUT2D eigenvalue weighted by molar-refractivity contribution is 5.83. The first-order valence-corrected chi connectivity index (χ1v) is 6.92. The van der Waals surface area contributed by atoms with Crippen LogP contribution in [0.25, 0.3) is 10.9 Å². The van der Waals surface area contributed by atoms with Crippen LogP contribution in [0, 0.1) is 11.3 Å². The SMILES string of the molecule is Cn1nc(CC(CN)(C(=O)O)C2CC2)c2ccccc21. The Morgan fingerprint density at radius 2 is 2.20 bits per heavy atom. The van der Waals surface area contributed by atoms with Crippen LogP contribution in [0.15, 0.2) is 24.3 Å². The molecule has 0 radical (unpaired) electrons. The van der Waals surface area contributed by atoms with E-state index in [2.05, 4.69) is 5.10 Å². The molecular formula is C15H19N3O2. The molecule has 106 valence electrons. The quantitative estimate of drug-likeness (QED) is 0.866. The van der Waals surface area contributed by atoms with E-state index >= 15 is 0 Å². The minimum Gasteiger partial charge on any atom is -0.481 e. The number of para-hydroxylation sites is 1. The van der Waals surface area contributed by atoms with Crippen molar-refractivity contribution in [3.8, 4) is 0 Å². The summed E-state index contributed by atoms with van der Waals surface area (Å²) < 4.78 is 1.81. The highest BCUT2D eigenvalue weighted by Gasteiger charge is 2.50. The summed E-state index contributed by atoms with van der Waals surface area (Å²) in [5.74, 6) is -0.608. The second-order valence-electron chi connectivity index (χ2n) is 5.70. The zero-order valence-corrected chi connectivity index (χ0v) is 11.5. The highest BCUT2D eigenvalue weighted by atomic mass is 16.4. The van der Waals surface area contributed by atoms with Gasteiger partial charge in [0.15, 0.2) is 0 Å². The minimum atomic E-state index is -0.864. The smallest absolute Gasteiger partial charge is 0.311 e. The van der Waals surface area contributed by atoms with Gasteiger partial charge in [0.25, 0.3) is 0 Å². The standard InChI is InChI=1S/C15H19N3O2/c1-18-13-5-3-2-4-11(13)12(17-18)8-15(9-16,14(19)20)10-6-7-10/h2-5,10H,6-9,16H2,1H3,(H,19,20). The Morgan fingerprint density at radius 1 is 1.50 bits per heavy atom. The van der Waals surface area contributed by atoms with Crippen LogP contribution >= 0.6 is 0 Å². The lowest BCUT2D eigenvalue weighted by Crippen LogP contribution is -2.42. The molecule has 0 saturated heterocycles. The van der Waals surface area contributed by atoms with E-state index in [1.807, 2.05) is 31.3 Å². The number of benzene rings is 1. The van der Waals surface area contributed by atoms with Crippen molar-refractivity contribution in [1.29, 1.82) is 0 Å². The average molecular weight is 273 g/mol. The average Bonchev–Trinajstić information content (AvgIpc) is 3.23. The molecule has 1 fully saturated rings. The van der Waals surface area contributed by atoms with Crippen molar-refractivity contribution in [2.75, 3.05) is 6.54 Å². The number of carboxylic acid groups (broad SMARTS) is 1. The van der Waals surface area contributed by atoms with Crippen molar-refractivity contribution in [2.45, 2.75) is 19.3 Å². The number of nitrogens with two attached hydrogens (primary N) is 1. The van der Waals surface area contributed by atoms with Crippen LogP contribution in [0.5, 0.6) is 0 Å². The van der Waals surface area contributed by atoms with Gasteiger partial charge in [-0.1, -0.05) is 18.2 Å². The van der Waals surface area contributed by atoms with E-state index in [1.165, 1.54) is 0 Å². The van der Waals surface area contributed by atoms with Gasteiger partial charge in [-0.2, -0.15) is 5.10 Å². The van der Waals surface area contributed by atoms with Crippen LogP contribution < -0.4 is 5.73 Å². The Labute approximate surface area is 117 Å². The number of nitrogens with zero attached hydrogens (tertiary/aromatic N) is 2. The summed E-state index contributed by atoms with van der Waals surface area (Å²) in [6.45, 7) is 0.165. The molecule has 1 saturated carbocycles. The van der Waals surface area contributed by atoms with E-state index in [0.29, 0.717) is 6.42 Å². The number of rotatable bonds is 5. The molecule has 3 N–H and O–H groups in total. The number of carbonyl (C=O) groups is 1. The number of fused-ring (bicyclic) bond motifs is 1. The maximum atomic E-state index is 11.8. The first-order valence-electron chi connectivity index (χ1n) is 6.92. The molecule has 5 nitrogen and oxygen atoms in total. The van der Waals surface area contributed by atoms with Crippen LogP contribution in [-0.2, 0) is 18.3 Å². The Bertz CT molecular complexity index is 660. The molecule has 2 aromatic rings. The molecule has 3 rings (SSSR count). The molecule has 0 amide bonds. The van der Waals surface area contributed by atoms with Gasteiger partial charge >= 0.3 is 5.97 Å². The topological polar surface area (TPSA) is 81.1 Å². The molecule has 1 aliphatic carbocycles. The van der Waals surface area contributed by atoms with Gasteiger partial charge in [0.05, 0.1) is 16.6 Å². The summed E-state index contributed by atoms with van der Waals surface area (Å²) >= 11 is 0. The lowest BCUT2D eigenvalue weighted by Gasteiger charge is -2.27. The molecule has 0 aliphatic heterocycles. The molecule has 1 aromatic carbocycles. The Balaban J connectivity index is 2.05. The second kappa shape index (κ2) is 4.59. The molecule has 1 aliphatic rings. The Morgan fingerprint density at radius 3 is 2.80 bits per heavy atom. The summed E-state index contributed by atoms with van der Waals surface area (Å²) in [7, 11) is 1.88. The lowest BCUT2D eigenvalue weighted by molar-refractivity contribution is -0.149. The van der Waals surface area contributed by atoms with Crippen LogP contribution in [0.2, 0.25) is 0 Å². The van der Waals surface area contributed by atoms with Crippen LogP contribution in [-0.4, -0.2) is 27.4 Å². The Kier molecular flexibility index (Phi) is 3.01. The zero-order chi connectivity index (χ0) is 14.3. The van der Waals surface area contributed by atoms with E-state index in [9.17, 15) is 9.90 Å². The largest absolute Gasteiger partial charge is 0.481 e. The van der Waals surface area contributed by atoms with Crippen LogP contribution in [0.4, 0.5) is 0 Å². The lowest BCUT2D eigenvalue weighted by atomic mass is 9.78. The fourth-order valence-electron chi connectivity index (χ4n) is 3.07. The van der Waals surface area contributed by atoms with Gasteiger partial charge in [0.1, 0.15) is 0 Å². The zero-order valence-electron chi connectivity index (χ0n) is 11.5. The van der Waals surface area contributed by atoms with Crippen molar-refractivity contribution in [3.05, 3.63) is 30.0 Å². The molecule has 1 aromatic heterocycles. The third-order valence-corrected chi connectivity index (χ3v) is 4.47. The molecule has 1 unspecified atom stereocenters. The van der Waals surface area contributed by atoms with Crippen molar-refractivity contribution >= 4 is 16.9 Å². The van der Waals surface area contributed by atoms with Gasteiger partial charge in [0.2, 0.25) is 0 Å². The van der Waals surface area contributed by atoms with Gasteiger partial charge < -0.3 is 10.8 Å². The monoisotopic (exact) mass is 273 g/mol. The number of aliphatic carboxylic acids is 1. The molecular weight excluding hydrogens is 254 g/mol. The first-order chi connectivity index (χ1) is 9.58. The number of hydrogen-bond donors (Lipinski definition) is 2. The number of hydrogen-bond acceptors (Lipinski definition) is 3. The summed E-state index contributed by atoms with van der Waals surface area (Å²) in [4.78, 5) is 11.8. The second-order valence-corrected chi connectivity index (χ2v) is 5.70. The van der Waals surface area contributed by atoms with E-state index in [1.54, 1.807) is 4.68 Å². The van der Waals surface area contributed by atoms with Gasteiger partial charge in [-0.05, 0) is 24.8 Å². The van der Waals surface area contributed by atoms with Gasteiger partial charge in [-0.25, -0.2) is 0 Å². The Hall–Kier alpha value is -1.88. The maximum absolute atomic E-state index is 11.8. The third kappa shape index (κ3) is 1.89. The predicted octanol–water partition coefficient (Wildman–Crippen LogP) is 1.56. The molecule has 0 bridgehead atoms. The number of aromatic nitrogens is 2. The van der Waals surface area contributed by atoms with E-state index in [-0.39, 0.29) is 12.5 Å². The van der Waals surface area contributed by atoms with Crippen molar-refractivity contribution in [1.82, 2.24) is 9.78 Å². The molecule has 20 heavy (non-hydrogen) atoms. The van der Waals surface area contributed by atoms with Gasteiger partial charge in [-0.15, -0.1) is 0 Å². The van der Waals surface area contributed by atoms with Crippen molar-refractivity contribution in [2.24, 2.45) is 24.1 Å². The van der Waals surface area contributed by atoms with E-state index in [0.717, 1.165) is 29.4 Å².